The number of hydrogen-bond acceptors (Lipinski definition) is 3. The highest BCUT2D eigenvalue weighted by Gasteiger charge is 2.11. The van der Waals surface area contributed by atoms with Crippen molar-refractivity contribution in [3.8, 4) is 0 Å². The van der Waals surface area contributed by atoms with E-state index < -0.39 is 0 Å². The minimum atomic E-state index is 0.638. The van der Waals surface area contributed by atoms with Gasteiger partial charge in [0.1, 0.15) is 5.76 Å². The molecule has 0 unspecified atom stereocenters. The fourth-order valence-corrected chi connectivity index (χ4v) is 2.15. The van der Waals surface area contributed by atoms with Crippen molar-refractivity contribution in [1.82, 2.24) is 0 Å². The van der Waals surface area contributed by atoms with Crippen LogP contribution in [0.3, 0.4) is 0 Å². The van der Waals surface area contributed by atoms with Gasteiger partial charge in [-0.25, -0.2) is 0 Å². The van der Waals surface area contributed by atoms with Crippen LogP contribution in [0.25, 0.3) is 0 Å². The summed E-state index contributed by atoms with van der Waals surface area (Å²) < 4.78 is 5.42. The maximum Gasteiger partial charge on any atom is 0.123 e. The van der Waals surface area contributed by atoms with Gasteiger partial charge in [0.05, 0.1) is 12.8 Å². The number of furan rings is 1. The van der Waals surface area contributed by atoms with Gasteiger partial charge in [-0.15, -0.1) is 0 Å². The fourth-order valence-electron chi connectivity index (χ4n) is 2.15. The van der Waals surface area contributed by atoms with Gasteiger partial charge in [-0.1, -0.05) is 25.1 Å². The standard InChI is InChI=1S/C15H20N2O/c1-2-13-6-3-4-8-15(13)17(10-9-16)12-14-7-5-11-18-14/h3-8,11H,2,9-10,12,16H2,1H3. The lowest BCUT2D eigenvalue weighted by molar-refractivity contribution is 0.502. The van der Waals surface area contributed by atoms with Crippen LogP contribution >= 0.6 is 0 Å². The number of nitrogens with two attached hydrogens (primary N) is 1. The summed E-state index contributed by atoms with van der Waals surface area (Å²) >= 11 is 0. The smallest absolute Gasteiger partial charge is 0.123 e. The molecule has 0 bridgehead atoms. The highest BCUT2D eigenvalue weighted by atomic mass is 16.3. The van der Waals surface area contributed by atoms with E-state index in [9.17, 15) is 0 Å². The van der Waals surface area contributed by atoms with Crippen LogP contribution in [0.5, 0.6) is 0 Å². The lowest BCUT2D eigenvalue weighted by atomic mass is 10.1. The zero-order valence-electron chi connectivity index (χ0n) is 10.8. The summed E-state index contributed by atoms with van der Waals surface area (Å²) in [5.41, 5.74) is 8.31. The zero-order valence-corrected chi connectivity index (χ0v) is 10.8. The van der Waals surface area contributed by atoms with E-state index in [0.717, 1.165) is 25.3 Å². The lowest BCUT2D eigenvalue weighted by Gasteiger charge is -2.25. The Kier molecular flexibility index (Phi) is 4.42. The third-order valence-corrected chi connectivity index (χ3v) is 3.04. The number of benzene rings is 1. The number of nitrogens with zero attached hydrogens (tertiary/aromatic N) is 1. The molecule has 0 aliphatic heterocycles. The van der Waals surface area contributed by atoms with Crippen molar-refractivity contribution >= 4 is 5.69 Å². The fraction of sp³-hybridized carbons (Fsp3) is 0.333. The number of para-hydroxylation sites is 1. The molecule has 1 aromatic heterocycles. The first-order valence-electron chi connectivity index (χ1n) is 6.40. The van der Waals surface area contributed by atoms with E-state index in [4.69, 9.17) is 10.2 Å². The molecule has 2 N–H and O–H groups in total. The van der Waals surface area contributed by atoms with E-state index >= 15 is 0 Å². The molecule has 0 saturated carbocycles. The maximum atomic E-state index is 5.71. The molecule has 0 radical (unpaired) electrons. The summed E-state index contributed by atoms with van der Waals surface area (Å²) in [5, 5.41) is 0. The van der Waals surface area contributed by atoms with Gasteiger partial charge >= 0.3 is 0 Å². The van der Waals surface area contributed by atoms with Crippen LogP contribution in [0.4, 0.5) is 5.69 Å². The van der Waals surface area contributed by atoms with E-state index in [2.05, 4.69) is 36.1 Å². The quantitative estimate of drug-likeness (QED) is 0.849. The molecule has 3 nitrogen and oxygen atoms in total. The number of hydrogen-bond donors (Lipinski definition) is 1. The molecule has 96 valence electrons. The van der Waals surface area contributed by atoms with Crippen molar-refractivity contribution < 1.29 is 4.42 Å². The van der Waals surface area contributed by atoms with Crippen molar-refractivity contribution in [2.45, 2.75) is 19.9 Å². The molecule has 0 atom stereocenters. The maximum absolute atomic E-state index is 5.71. The molecule has 2 aromatic rings. The van der Waals surface area contributed by atoms with Crippen LogP contribution in [-0.2, 0) is 13.0 Å². The summed E-state index contributed by atoms with van der Waals surface area (Å²) in [6, 6.07) is 12.4. The Balaban J connectivity index is 2.23. The molecule has 0 saturated heterocycles. The third-order valence-electron chi connectivity index (χ3n) is 3.04. The van der Waals surface area contributed by atoms with Gasteiger partial charge in [0.2, 0.25) is 0 Å². The van der Waals surface area contributed by atoms with Crippen molar-refractivity contribution in [3.05, 3.63) is 54.0 Å². The van der Waals surface area contributed by atoms with Crippen LogP contribution in [0.15, 0.2) is 47.1 Å². The van der Waals surface area contributed by atoms with E-state index in [-0.39, 0.29) is 0 Å². The number of rotatable bonds is 6. The van der Waals surface area contributed by atoms with E-state index in [1.54, 1.807) is 6.26 Å². The lowest BCUT2D eigenvalue weighted by Crippen LogP contribution is -2.29. The van der Waals surface area contributed by atoms with Crippen molar-refractivity contribution in [2.75, 3.05) is 18.0 Å². The summed E-state index contributed by atoms with van der Waals surface area (Å²) in [4.78, 5) is 2.28. The minimum Gasteiger partial charge on any atom is -0.467 e. The molecular formula is C15H20N2O. The van der Waals surface area contributed by atoms with E-state index in [1.165, 1.54) is 11.3 Å². The topological polar surface area (TPSA) is 42.4 Å². The SMILES string of the molecule is CCc1ccccc1N(CCN)Cc1ccco1. The highest BCUT2D eigenvalue weighted by Crippen LogP contribution is 2.22. The van der Waals surface area contributed by atoms with Gasteiger partial charge in [-0.2, -0.15) is 0 Å². The summed E-state index contributed by atoms with van der Waals surface area (Å²) in [6.45, 7) is 4.41. The molecule has 0 aliphatic rings. The van der Waals surface area contributed by atoms with Gasteiger partial charge in [0.15, 0.2) is 0 Å². The molecule has 0 aliphatic carbocycles. The molecule has 18 heavy (non-hydrogen) atoms. The second kappa shape index (κ2) is 6.26. The highest BCUT2D eigenvalue weighted by molar-refractivity contribution is 5.53. The summed E-state index contributed by atoms with van der Waals surface area (Å²) in [5.74, 6) is 0.967. The molecule has 0 spiro atoms. The Morgan fingerprint density at radius 2 is 2.00 bits per heavy atom. The second-order valence-electron chi connectivity index (χ2n) is 4.27. The van der Waals surface area contributed by atoms with Gasteiger partial charge in [-0.3, -0.25) is 0 Å². The average molecular weight is 244 g/mol. The zero-order chi connectivity index (χ0) is 12.8. The number of aryl methyl sites for hydroxylation is 1. The molecule has 1 aromatic carbocycles. The Morgan fingerprint density at radius 1 is 1.17 bits per heavy atom. The van der Waals surface area contributed by atoms with Crippen LogP contribution in [-0.4, -0.2) is 13.1 Å². The summed E-state index contributed by atoms with van der Waals surface area (Å²) in [7, 11) is 0. The molecule has 0 fully saturated rings. The normalized spacial score (nSPS) is 10.6. The van der Waals surface area contributed by atoms with Gasteiger partial charge in [-0.05, 0) is 30.2 Å². The molecular weight excluding hydrogens is 224 g/mol. The predicted molar refractivity (Wildman–Crippen MR) is 74.6 cm³/mol. The van der Waals surface area contributed by atoms with Gasteiger partial charge in [0, 0.05) is 18.8 Å². The summed E-state index contributed by atoms with van der Waals surface area (Å²) in [6.07, 6.45) is 2.73. The van der Waals surface area contributed by atoms with Gasteiger partial charge in [0.25, 0.3) is 0 Å². The molecule has 3 heteroatoms. The second-order valence-corrected chi connectivity index (χ2v) is 4.27. The Morgan fingerprint density at radius 3 is 2.67 bits per heavy atom. The third kappa shape index (κ3) is 2.93. The number of anilines is 1. The Bertz CT molecular complexity index is 465. The van der Waals surface area contributed by atoms with Crippen molar-refractivity contribution in [1.29, 1.82) is 0 Å². The minimum absolute atomic E-state index is 0.638. The van der Waals surface area contributed by atoms with Crippen LogP contribution in [0, 0.1) is 0 Å². The first kappa shape index (κ1) is 12.7. The van der Waals surface area contributed by atoms with Crippen molar-refractivity contribution in [2.24, 2.45) is 5.73 Å². The predicted octanol–water partition coefficient (Wildman–Crippen LogP) is 2.81. The Hall–Kier alpha value is -1.74. The van der Waals surface area contributed by atoms with E-state index in [1.807, 2.05) is 12.1 Å². The Labute approximate surface area is 108 Å². The van der Waals surface area contributed by atoms with Crippen molar-refractivity contribution in [3.63, 3.8) is 0 Å². The largest absolute Gasteiger partial charge is 0.467 e. The first-order chi connectivity index (χ1) is 8.85. The van der Waals surface area contributed by atoms with Crippen LogP contribution in [0.2, 0.25) is 0 Å². The monoisotopic (exact) mass is 244 g/mol. The molecule has 1 heterocycles. The van der Waals surface area contributed by atoms with E-state index in [0.29, 0.717) is 6.54 Å². The van der Waals surface area contributed by atoms with Crippen LogP contribution < -0.4 is 10.6 Å². The molecule has 2 rings (SSSR count). The first-order valence-corrected chi connectivity index (χ1v) is 6.40. The average Bonchev–Trinajstić information content (AvgIpc) is 2.91. The van der Waals surface area contributed by atoms with Gasteiger partial charge < -0.3 is 15.1 Å². The molecule has 0 amide bonds. The van der Waals surface area contributed by atoms with Crippen LogP contribution in [0.1, 0.15) is 18.2 Å².